The first-order chi connectivity index (χ1) is 17.9. The minimum absolute atomic E-state index is 0.228. The molecule has 0 fully saturated rings. The van der Waals surface area contributed by atoms with Gasteiger partial charge in [-0.2, -0.15) is 16.6 Å². The first kappa shape index (κ1) is 32.6. The van der Waals surface area contributed by atoms with Crippen LogP contribution in [0.25, 0.3) is 11.3 Å². The molecule has 0 bridgehead atoms. The molecule has 4 rings (SSSR count). The average molecular weight is 647 g/mol. The summed E-state index contributed by atoms with van der Waals surface area (Å²) in [4.78, 5) is 31.0. The summed E-state index contributed by atoms with van der Waals surface area (Å²) in [5.41, 5.74) is 2.74. The number of fused-ring (bicyclic) bond motifs is 2. The number of esters is 2. The number of aryl methyl sites for hydroxylation is 1. The summed E-state index contributed by atoms with van der Waals surface area (Å²) in [6.07, 6.45) is 6.05. The zero-order valence-electron chi connectivity index (χ0n) is 21.5. The molecule has 4 heterocycles. The first-order valence-corrected chi connectivity index (χ1v) is 19.0. The number of aromatic nitrogens is 6. The number of ether oxygens (including phenoxy) is 2. The van der Waals surface area contributed by atoms with Crippen molar-refractivity contribution < 1.29 is 35.4 Å². The van der Waals surface area contributed by atoms with Crippen LogP contribution in [0, 0.1) is 6.92 Å². The van der Waals surface area contributed by atoms with E-state index in [0.29, 0.717) is 35.4 Å². The van der Waals surface area contributed by atoms with Crippen molar-refractivity contribution in [3.05, 3.63) is 65.8 Å². The molecule has 0 aliphatic carbocycles. The SMILES string of the molecule is CCCc1ccc2nc(C(=O)OCC)cn2n1.CCOC(=O)c1cn2nc(Cl)ccc2n1.[CH2-]CC.[Zn+][Br]. The molecule has 0 amide bonds. The van der Waals surface area contributed by atoms with E-state index in [2.05, 4.69) is 47.6 Å². The summed E-state index contributed by atoms with van der Waals surface area (Å²) < 4.78 is 12.8. The van der Waals surface area contributed by atoms with E-state index in [1.54, 1.807) is 36.7 Å². The fourth-order valence-electron chi connectivity index (χ4n) is 2.78. The molecule has 4 aromatic heterocycles. The summed E-state index contributed by atoms with van der Waals surface area (Å²) >= 11 is 9.94. The maximum atomic E-state index is 11.5. The van der Waals surface area contributed by atoms with Crippen molar-refractivity contribution in [3.63, 3.8) is 0 Å². The molecule has 0 spiro atoms. The third kappa shape index (κ3) is 10.5. The monoisotopic (exact) mass is 644 g/mol. The Labute approximate surface area is 238 Å². The zero-order valence-corrected chi connectivity index (χ0v) is 26.8. The van der Waals surface area contributed by atoms with Crippen molar-refractivity contribution in [2.75, 3.05) is 13.2 Å². The Kier molecular flexibility index (Phi) is 15.8. The molecule has 4 aromatic rings. The van der Waals surface area contributed by atoms with Gasteiger partial charge in [0.25, 0.3) is 0 Å². The Hall–Kier alpha value is -2.43. The van der Waals surface area contributed by atoms with Crippen LogP contribution in [0.2, 0.25) is 5.15 Å². The Morgan fingerprint density at radius 2 is 1.35 bits per heavy atom. The third-order valence-electron chi connectivity index (χ3n) is 4.14. The molecule has 0 N–H and O–H groups in total. The van der Waals surface area contributed by atoms with Gasteiger partial charge in [0.05, 0.1) is 31.3 Å². The Bertz CT molecular complexity index is 1270. The second kappa shape index (κ2) is 17.9. The fourth-order valence-corrected chi connectivity index (χ4v) is 2.92. The number of hydrogen-bond acceptors (Lipinski definition) is 8. The molecule has 0 aliphatic heterocycles. The summed E-state index contributed by atoms with van der Waals surface area (Å²) in [7, 11) is 0. The predicted molar refractivity (Wildman–Crippen MR) is 141 cm³/mol. The average Bonchev–Trinajstić information content (AvgIpc) is 3.50. The van der Waals surface area contributed by atoms with Crippen molar-refractivity contribution in [1.82, 2.24) is 29.2 Å². The molecule has 0 aliphatic rings. The predicted octanol–water partition coefficient (Wildman–Crippen LogP) is 5.49. The van der Waals surface area contributed by atoms with E-state index in [9.17, 15) is 9.59 Å². The van der Waals surface area contributed by atoms with Crippen molar-refractivity contribution in [1.29, 1.82) is 0 Å². The van der Waals surface area contributed by atoms with Gasteiger partial charge < -0.3 is 16.4 Å². The van der Waals surface area contributed by atoms with Gasteiger partial charge in [-0.05, 0) is 44.5 Å². The number of nitrogens with zero attached hydrogens (tertiary/aromatic N) is 6. The van der Waals surface area contributed by atoms with Crippen LogP contribution in [0.3, 0.4) is 0 Å². The van der Waals surface area contributed by atoms with Crippen molar-refractivity contribution >= 4 is 48.5 Å². The molecule has 0 unspecified atom stereocenters. The van der Waals surface area contributed by atoms with Crippen LogP contribution < -0.4 is 0 Å². The number of rotatable bonds is 6. The van der Waals surface area contributed by atoms with Crippen LogP contribution >= 0.6 is 25.2 Å². The van der Waals surface area contributed by atoms with Gasteiger partial charge in [-0.3, -0.25) is 0 Å². The van der Waals surface area contributed by atoms with Crippen LogP contribution in [0.15, 0.2) is 36.7 Å². The molecule has 0 atom stereocenters. The summed E-state index contributed by atoms with van der Waals surface area (Å²) in [6, 6.07) is 7.08. The van der Waals surface area contributed by atoms with Crippen LogP contribution in [0.4, 0.5) is 0 Å². The quantitative estimate of drug-likeness (QED) is 0.154. The second-order valence-corrected chi connectivity index (χ2v) is 7.42. The van der Waals surface area contributed by atoms with E-state index in [0.717, 1.165) is 25.0 Å². The van der Waals surface area contributed by atoms with Crippen LogP contribution in [0.5, 0.6) is 0 Å². The number of carbonyl (C=O) groups is 2. The van der Waals surface area contributed by atoms with Crippen molar-refractivity contribution in [2.45, 2.75) is 47.0 Å². The number of imidazole rings is 2. The zero-order chi connectivity index (χ0) is 27.8. The van der Waals surface area contributed by atoms with Crippen molar-refractivity contribution in [3.8, 4) is 0 Å². The van der Waals surface area contributed by atoms with E-state index in [1.165, 1.54) is 27.1 Å². The van der Waals surface area contributed by atoms with Gasteiger partial charge in [-0.1, -0.05) is 31.9 Å². The first-order valence-electron chi connectivity index (χ1n) is 11.6. The molecule has 10 nitrogen and oxygen atoms in total. The molecule has 37 heavy (non-hydrogen) atoms. The van der Waals surface area contributed by atoms with Crippen LogP contribution in [-0.4, -0.2) is 54.3 Å². The van der Waals surface area contributed by atoms with Gasteiger partial charge >= 0.3 is 41.9 Å². The molecule has 0 radical (unpaired) electrons. The molecule has 196 valence electrons. The summed E-state index contributed by atoms with van der Waals surface area (Å²) in [5.74, 6) is -0.867. The van der Waals surface area contributed by atoms with Gasteiger partial charge in [-0.25, -0.2) is 28.6 Å². The third-order valence-corrected chi connectivity index (χ3v) is 4.34. The number of halogens is 2. The van der Waals surface area contributed by atoms with Gasteiger partial charge in [0, 0.05) is 0 Å². The molecule has 13 heteroatoms. The van der Waals surface area contributed by atoms with Gasteiger partial charge in [0.1, 0.15) is 5.15 Å². The minimum atomic E-state index is -0.459. The van der Waals surface area contributed by atoms with E-state index in [4.69, 9.17) is 21.1 Å². The molecular formula is C24H30BrClN6O4Zn. The molecular weight excluding hydrogens is 617 g/mol. The summed E-state index contributed by atoms with van der Waals surface area (Å²) in [6.45, 7) is 11.8. The summed E-state index contributed by atoms with van der Waals surface area (Å²) in [5, 5.41) is 8.67. The van der Waals surface area contributed by atoms with E-state index in [1.807, 2.05) is 19.1 Å². The van der Waals surface area contributed by atoms with Crippen LogP contribution in [-0.2, 0) is 32.2 Å². The van der Waals surface area contributed by atoms with Crippen molar-refractivity contribution in [2.24, 2.45) is 0 Å². The van der Waals surface area contributed by atoms with Gasteiger partial charge in [0.2, 0.25) is 0 Å². The topological polar surface area (TPSA) is 113 Å². The van der Waals surface area contributed by atoms with Crippen LogP contribution in [0.1, 0.15) is 67.2 Å². The Morgan fingerprint density at radius 1 is 0.892 bits per heavy atom. The number of hydrogen-bond donors (Lipinski definition) is 0. The van der Waals surface area contributed by atoms with E-state index < -0.39 is 11.9 Å². The van der Waals surface area contributed by atoms with Gasteiger partial charge in [0.15, 0.2) is 22.7 Å². The molecule has 0 saturated carbocycles. The Balaban J connectivity index is 0.000000317. The Morgan fingerprint density at radius 3 is 1.81 bits per heavy atom. The number of carbonyl (C=O) groups excluding carboxylic acids is 2. The molecule has 0 aromatic carbocycles. The fraction of sp³-hybridized carbons (Fsp3) is 0.375. The second-order valence-electron chi connectivity index (χ2n) is 7.03. The normalized spacial score (nSPS) is 9.86. The van der Waals surface area contributed by atoms with E-state index in [-0.39, 0.29) is 5.69 Å². The standard InChI is InChI=1S/C12H15N3O2.C9H8ClN3O2.C3H7.BrH.Zn/c1-3-5-9-6-7-11-13-10(8-15(11)14-9)12(16)17-4-2;1-2-15-9(14)6-5-13-8(11-6)4-3-7(10)12-13;1-3-2;;/h6-8H,3-5H2,1-2H3;3-5H,2H2,1H3;1,3H2,2H3;1H;/q;;-1;;+2/p-1. The van der Waals surface area contributed by atoms with E-state index >= 15 is 0 Å². The maximum absolute atomic E-state index is 11.5. The molecule has 0 saturated heterocycles. The van der Waals surface area contributed by atoms with Gasteiger partial charge in [-0.15, -0.1) is 0 Å².